The van der Waals surface area contributed by atoms with Crippen molar-refractivity contribution in [3.8, 4) is 11.2 Å². The van der Waals surface area contributed by atoms with Crippen LogP contribution >= 0.6 is 58.0 Å². The molecule has 1 aromatic carbocycles. The fraction of sp³-hybridized carbons (Fsp3) is 0.385. The van der Waals surface area contributed by atoms with Gasteiger partial charge in [0.05, 0.1) is 4.47 Å². The number of rotatable bonds is 3. The van der Waals surface area contributed by atoms with Gasteiger partial charge in [-0.25, -0.2) is 9.11 Å². The lowest BCUT2D eigenvalue weighted by molar-refractivity contribution is 0.592. The Bertz CT molecular complexity index is 494. The van der Waals surface area contributed by atoms with Gasteiger partial charge in [0.1, 0.15) is 11.9 Å². The van der Waals surface area contributed by atoms with Gasteiger partial charge in [0.25, 0.3) is 0 Å². The maximum atomic E-state index is 14.1. The molecule has 1 N–H and O–H groups in total. The third-order valence-electron chi connectivity index (χ3n) is 2.02. The zero-order valence-corrected chi connectivity index (χ0v) is 16.1. The lowest BCUT2D eigenvalue weighted by Crippen LogP contribution is -2.21. The molecule has 1 atom stereocenters. The molecule has 1 rings (SSSR count). The van der Waals surface area contributed by atoms with Crippen molar-refractivity contribution in [3.05, 3.63) is 34.1 Å². The van der Waals surface area contributed by atoms with Crippen LogP contribution in [0.25, 0.3) is 0 Å². The van der Waals surface area contributed by atoms with Gasteiger partial charge in [-0.05, 0) is 57.0 Å². The SMILES string of the molecule is CC(C)(C)SNC(C#CSI)c1cccc(Br)c1F. The molecule has 19 heavy (non-hydrogen) atoms. The normalized spacial score (nSPS) is 12.7. The third kappa shape index (κ3) is 6.25. The van der Waals surface area contributed by atoms with Crippen LogP contribution in [0, 0.1) is 17.0 Å². The summed E-state index contributed by atoms with van der Waals surface area (Å²) in [7, 11) is 1.39. The third-order valence-corrected chi connectivity index (χ3v) is 4.45. The molecule has 0 spiro atoms. The summed E-state index contributed by atoms with van der Waals surface area (Å²) in [4.78, 5) is 0. The summed E-state index contributed by atoms with van der Waals surface area (Å²) in [6.07, 6.45) is 0. The zero-order valence-electron chi connectivity index (χ0n) is 10.8. The topological polar surface area (TPSA) is 12.0 Å². The first-order valence-corrected chi connectivity index (χ1v) is 10.5. The van der Waals surface area contributed by atoms with Crippen LogP contribution in [0.2, 0.25) is 0 Å². The minimum absolute atomic E-state index is 0.0416. The predicted octanol–water partition coefficient (Wildman–Crippen LogP) is 5.71. The van der Waals surface area contributed by atoms with Crippen LogP contribution < -0.4 is 4.72 Å². The molecule has 104 valence electrons. The Hall–Kier alpha value is 0.580. The van der Waals surface area contributed by atoms with Gasteiger partial charge in [-0.1, -0.05) is 30.0 Å². The van der Waals surface area contributed by atoms with E-state index in [9.17, 15) is 4.39 Å². The predicted molar refractivity (Wildman–Crippen MR) is 96.7 cm³/mol. The molecular weight excluding hydrogens is 460 g/mol. The first kappa shape index (κ1) is 17.6. The summed E-state index contributed by atoms with van der Waals surface area (Å²) in [6.45, 7) is 6.29. The molecular formula is C13H14BrFINS2. The second kappa shape index (κ2) is 8.13. The monoisotopic (exact) mass is 473 g/mol. The highest BCUT2D eigenvalue weighted by Gasteiger charge is 2.19. The molecule has 0 fully saturated rings. The number of benzene rings is 1. The van der Waals surface area contributed by atoms with Crippen LogP contribution in [0.4, 0.5) is 4.39 Å². The van der Waals surface area contributed by atoms with Gasteiger partial charge in [-0.2, -0.15) is 0 Å². The highest BCUT2D eigenvalue weighted by atomic mass is 127. The summed E-state index contributed by atoms with van der Waals surface area (Å²) in [5, 5.41) is 2.93. The van der Waals surface area contributed by atoms with Crippen molar-refractivity contribution in [2.75, 3.05) is 0 Å². The Morgan fingerprint density at radius 3 is 2.68 bits per heavy atom. The molecule has 0 amide bonds. The van der Waals surface area contributed by atoms with Crippen molar-refractivity contribution in [3.63, 3.8) is 0 Å². The van der Waals surface area contributed by atoms with Crippen molar-refractivity contribution in [1.82, 2.24) is 4.72 Å². The average Bonchev–Trinajstić information content (AvgIpc) is 2.32. The second-order valence-electron chi connectivity index (χ2n) is 4.73. The van der Waals surface area contributed by atoms with Gasteiger partial charge < -0.3 is 0 Å². The van der Waals surface area contributed by atoms with Crippen molar-refractivity contribution in [2.24, 2.45) is 0 Å². The van der Waals surface area contributed by atoms with Crippen LogP contribution in [0.3, 0.4) is 0 Å². The van der Waals surface area contributed by atoms with Gasteiger partial charge in [-0.3, -0.25) is 0 Å². The van der Waals surface area contributed by atoms with E-state index in [2.05, 4.69) is 73.8 Å². The van der Waals surface area contributed by atoms with E-state index in [0.717, 1.165) is 0 Å². The van der Waals surface area contributed by atoms with E-state index >= 15 is 0 Å². The van der Waals surface area contributed by atoms with E-state index in [1.54, 1.807) is 24.1 Å². The number of halogens is 3. The first-order valence-electron chi connectivity index (χ1n) is 5.50. The Morgan fingerprint density at radius 1 is 1.42 bits per heavy atom. The molecule has 0 aliphatic rings. The summed E-state index contributed by atoms with van der Waals surface area (Å²) >= 11 is 6.87. The maximum absolute atomic E-state index is 14.1. The quantitative estimate of drug-likeness (QED) is 0.343. The molecule has 0 aliphatic heterocycles. The van der Waals surface area contributed by atoms with Crippen molar-refractivity contribution < 1.29 is 4.39 Å². The highest BCUT2D eigenvalue weighted by Crippen LogP contribution is 2.28. The average molecular weight is 474 g/mol. The van der Waals surface area contributed by atoms with E-state index in [1.807, 2.05) is 6.07 Å². The molecule has 0 bridgehead atoms. The van der Waals surface area contributed by atoms with Gasteiger partial charge >= 0.3 is 0 Å². The molecule has 1 nitrogen and oxygen atoms in total. The number of hydrogen-bond acceptors (Lipinski definition) is 3. The smallest absolute Gasteiger partial charge is 0.143 e. The van der Waals surface area contributed by atoms with Crippen LogP contribution in [-0.2, 0) is 0 Å². The molecule has 1 unspecified atom stereocenters. The fourth-order valence-electron chi connectivity index (χ4n) is 1.23. The summed E-state index contributed by atoms with van der Waals surface area (Å²) < 4.78 is 17.9. The molecule has 0 saturated heterocycles. The Kier molecular flexibility index (Phi) is 7.54. The van der Waals surface area contributed by atoms with Crippen LogP contribution in [0.1, 0.15) is 32.4 Å². The first-order chi connectivity index (χ1) is 8.85. The van der Waals surface area contributed by atoms with Crippen molar-refractivity contribution in [2.45, 2.75) is 31.6 Å². The molecule has 0 heterocycles. The van der Waals surface area contributed by atoms with Crippen molar-refractivity contribution >= 4 is 58.0 Å². The minimum atomic E-state index is -0.330. The van der Waals surface area contributed by atoms with Crippen LogP contribution in [0.5, 0.6) is 0 Å². The molecule has 0 radical (unpaired) electrons. The van der Waals surface area contributed by atoms with Gasteiger partial charge in [0.15, 0.2) is 0 Å². The standard InChI is InChI=1S/C13H14BrFINS2/c1-13(2,3)19-17-11(7-8-18-16)9-5-4-6-10(14)12(9)15/h4-6,11,17H,1-3H3. The van der Waals surface area contributed by atoms with Crippen molar-refractivity contribution in [1.29, 1.82) is 0 Å². The van der Waals surface area contributed by atoms with E-state index in [-0.39, 0.29) is 16.6 Å². The van der Waals surface area contributed by atoms with Crippen LogP contribution in [-0.4, -0.2) is 4.75 Å². The lowest BCUT2D eigenvalue weighted by atomic mass is 10.1. The Labute approximate surface area is 143 Å². The van der Waals surface area contributed by atoms with E-state index < -0.39 is 0 Å². The maximum Gasteiger partial charge on any atom is 0.143 e. The van der Waals surface area contributed by atoms with E-state index in [4.69, 9.17) is 0 Å². The van der Waals surface area contributed by atoms with Gasteiger partial charge in [0, 0.05) is 31.5 Å². The largest absolute Gasteiger partial charge is 0.245 e. The fourth-order valence-corrected chi connectivity index (χ4v) is 2.81. The Morgan fingerprint density at radius 2 is 2.11 bits per heavy atom. The lowest BCUT2D eigenvalue weighted by Gasteiger charge is -2.21. The second-order valence-corrected chi connectivity index (χ2v) is 8.93. The van der Waals surface area contributed by atoms with Gasteiger partial charge in [0.2, 0.25) is 0 Å². The summed E-state index contributed by atoms with van der Waals surface area (Å²) in [6, 6.07) is 4.93. The molecule has 6 heteroatoms. The molecule has 0 aromatic heterocycles. The molecule has 1 aromatic rings. The summed E-state index contributed by atoms with van der Waals surface area (Å²) in [5.74, 6) is 2.78. The highest BCUT2D eigenvalue weighted by molar-refractivity contribution is 14.2. The minimum Gasteiger partial charge on any atom is -0.245 e. The number of hydrogen-bond donors (Lipinski definition) is 1. The van der Waals surface area contributed by atoms with E-state index in [0.29, 0.717) is 10.0 Å². The van der Waals surface area contributed by atoms with E-state index in [1.165, 1.54) is 8.93 Å². The molecule has 0 saturated carbocycles. The van der Waals surface area contributed by atoms with Crippen LogP contribution in [0.15, 0.2) is 22.7 Å². The van der Waals surface area contributed by atoms with Gasteiger partial charge in [-0.15, -0.1) is 0 Å². The summed E-state index contributed by atoms with van der Waals surface area (Å²) in [5.41, 5.74) is 0.559. The zero-order chi connectivity index (χ0) is 14.5. The Balaban J connectivity index is 3.00. The number of nitrogens with one attached hydrogen (secondary N) is 1. The molecule has 0 aliphatic carbocycles.